The Morgan fingerprint density at radius 3 is 2.38 bits per heavy atom. The van der Waals surface area contributed by atoms with Gasteiger partial charge >= 0.3 is 0 Å². The zero-order valence-corrected chi connectivity index (χ0v) is 12.0. The number of nitrogens with zero attached hydrogens (tertiary/aromatic N) is 1. The van der Waals surface area contributed by atoms with Gasteiger partial charge in [0.1, 0.15) is 6.54 Å². The molecule has 0 spiro atoms. The van der Waals surface area contributed by atoms with E-state index in [0.717, 1.165) is 6.07 Å². The van der Waals surface area contributed by atoms with E-state index in [1.54, 1.807) is 6.92 Å². The highest BCUT2D eigenvalue weighted by molar-refractivity contribution is 5.94. The number of nitrogens with one attached hydrogen (secondary N) is 1. The zero-order chi connectivity index (χ0) is 16.2. The topological polar surface area (TPSA) is 49.4 Å². The van der Waals surface area contributed by atoms with Crippen molar-refractivity contribution in [3.05, 3.63) is 29.6 Å². The second kappa shape index (κ2) is 7.10. The maximum atomic E-state index is 13.4. The van der Waals surface area contributed by atoms with Crippen LogP contribution in [-0.2, 0) is 9.59 Å². The number of hydrogen-bond acceptors (Lipinski definition) is 2. The normalized spacial score (nSPS) is 11.9. The Morgan fingerprint density at radius 1 is 1.24 bits per heavy atom. The van der Waals surface area contributed by atoms with Crippen LogP contribution < -0.4 is 5.32 Å². The summed E-state index contributed by atoms with van der Waals surface area (Å²) in [6.45, 7) is 4.65. The van der Waals surface area contributed by atoms with Gasteiger partial charge in [-0.1, -0.05) is 6.92 Å². The monoisotopic (exact) mass is 302 g/mol. The average Bonchev–Trinajstić information content (AvgIpc) is 2.44. The number of benzene rings is 1. The second-order valence-corrected chi connectivity index (χ2v) is 4.68. The molecule has 1 unspecified atom stereocenters. The molecule has 0 saturated heterocycles. The number of hydrogen-bond donors (Lipinski definition) is 1. The van der Waals surface area contributed by atoms with E-state index in [1.165, 1.54) is 11.8 Å². The number of halogens is 3. The predicted octanol–water partition coefficient (Wildman–Crippen LogP) is 2.69. The molecular formula is C14H17F3N2O2. The van der Waals surface area contributed by atoms with E-state index in [1.807, 2.05) is 6.92 Å². The molecule has 2 amide bonds. The van der Waals surface area contributed by atoms with Crippen molar-refractivity contribution in [3.63, 3.8) is 0 Å². The van der Waals surface area contributed by atoms with E-state index in [2.05, 4.69) is 5.32 Å². The van der Waals surface area contributed by atoms with Crippen molar-refractivity contribution in [2.45, 2.75) is 33.2 Å². The summed E-state index contributed by atoms with van der Waals surface area (Å²) in [5.41, 5.74) is -0.466. The molecule has 1 N–H and O–H groups in total. The van der Waals surface area contributed by atoms with Crippen LogP contribution in [0.3, 0.4) is 0 Å². The Labute approximate surface area is 120 Å². The van der Waals surface area contributed by atoms with E-state index >= 15 is 0 Å². The molecule has 0 radical (unpaired) electrons. The van der Waals surface area contributed by atoms with Gasteiger partial charge in [0, 0.05) is 13.0 Å². The third-order valence-corrected chi connectivity index (χ3v) is 3.15. The number of amides is 2. The van der Waals surface area contributed by atoms with Gasteiger partial charge in [0.05, 0.1) is 5.69 Å². The van der Waals surface area contributed by atoms with E-state index in [9.17, 15) is 22.8 Å². The van der Waals surface area contributed by atoms with Gasteiger partial charge in [0.2, 0.25) is 11.8 Å². The lowest BCUT2D eigenvalue weighted by Gasteiger charge is -2.26. The van der Waals surface area contributed by atoms with Crippen LogP contribution in [0, 0.1) is 17.5 Å². The highest BCUT2D eigenvalue weighted by Crippen LogP contribution is 2.19. The van der Waals surface area contributed by atoms with Crippen LogP contribution in [0.25, 0.3) is 0 Å². The molecule has 1 atom stereocenters. The van der Waals surface area contributed by atoms with Gasteiger partial charge in [0.15, 0.2) is 17.5 Å². The SMILES string of the molecule is CCC(C)N(CC(=O)Nc1ccc(F)c(F)c1F)C(C)=O. The molecule has 1 aromatic rings. The number of rotatable bonds is 5. The quantitative estimate of drug-likeness (QED) is 0.850. The molecule has 0 heterocycles. The Bertz CT molecular complexity index is 549. The summed E-state index contributed by atoms with van der Waals surface area (Å²) < 4.78 is 39.3. The van der Waals surface area contributed by atoms with Gasteiger partial charge < -0.3 is 10.2 Å². The highest BCUT2D eigenvalue weighted by atomic mass is 19.2. The summed E-state index contributed by atoms with van der Waals surface area (Å²) >= 11 is 0. The molecule has 21 heavy (non-hydrogen) atoms. The van der Waals surface area contributed by atoms with Gasteiger partial charge in [-0.25, -0.2) is 13.2 Å². The van der Waals surface area contributed by atoms with Crippen LogP contribution in [0.5, 0.6) is 0 Å². The van der Waals surface area contributed by atoms with Crippen molar-refractivity contribution in [1.82, 2.24) is 4.90 Å². The molecule has 0 aliphatic heterocycles. The number of carbonyl (C=O) groups is 2. The molecule has 116 valence electrons. The molecule has 0 aliphatic rings. The molecule has 0 aromatic heterocycles. The van der Waals surface area contributed by atoms with Crippen molar-refractivity contribution in [3.8, 4) is 0 Å². The second-order valence-electron chi connectivity index (χ2n) is 4.68. The van der Waals surface area contributed by atoms with Gasteiger partial charge in [-0.05, 0) is 25.5 Å². The lowest BCUT2D eigenvalue weighted by Crippen LogP contribution is -2.42. The minimum Gasteiger partial charge on any atom is -0.331 e. The summed E-state index contributed by atoms with van der Waals surface area (Å²) in [5.74, 6) is -5.45. The Balaban J connectivity index is 2.82. The summed E-state index contributed by atoms with van der Waals surface area (Å²) in [4.78, 5) is 24.6. The zero-order valence-electron chi connectivity index (χ0n) is 12.0. The summed E-state index contributed by atoms with van der Waals surface area (Å²) in [7, 11) is 0. The highest BCUT2D eigenvalue weighted by Gasteiger charge is 2.20. The standard InChI is InChI=1S/C14H17F3N2O2/c1-4-8(2)19(9(3)20)7-12(21)18-11-6-5-10(15)13(16)14(11)17/h5-6,8H,4,7H2,1-3H3,(H,18,21). The fraction of sp³-hybridized carbons (Fsp3) is 0.429. The van der Waals surface area contributed by atoms with E-state index in [4.69, 9.17) is 0 Å². The largest absolute Gasteiger partial charge is 0.331 e. The van der Waals surface area contributed by atoms with Crippen molar-refractivity contribution in [2.75, 3.05) is 11.9 Å². The Kier molecular flexibility index (Phi) is 5.75. The molecule has 0 fully saturated rings. The fourth-order valence-corrected chi connectivity index (χ4v) is 1.76. The Morgan fingerprint density at radius 2 is 1.86 bits per heavy atom. The third kappa shape index (κ3) is 4.21. The molecule has 1 rings (SSSR count). The summed E-state index contributed by atoms with van der Waals surface area (Å²) in [6.07, 6.45) is 0.645. The van der Waals surface area contributed by atoms with Crippen molar-refractivity contribution in [1.29, 1.82) is 0 Å². The first-order chi connectivity index (χ1) is 9.77. The molecule has 4 nitrogen and oxygen atoms in total. The number of carbonyl (C=O) groups excluding carboxylic acids is 2. The third-order valence-electron chi connectivity index (χ3n) is 3.15. The van der Waals surface area contributed by atoms with Crippen LogP contribution in [0.2, 0.25) is 0 Å². The van der Waals surface area contributed by atoms with Crippen molar-refractivity contribution >= 4 is 17.5 Å². The van der Waals surface area contributed by atoms with E-state index in [-0.39, 0.29) is 18.5 Å². The Hall–Kier alpha value is -2.05. The average molecular weight is 302 g/mol. The van der Waals surface area contributed by atoms with E-state index < -0.39 is 29.0 Å². The minimum absolute atomic E-state index is 0.164. The molecule has 7 heteroatoms. The first kappa shape index (κ1) is 17.0. The predicted molar refractivity (Wildman–Crippen MR) is 72.1 cm³/mol. The molecule has 0 bridgehead atoms. The van der Waals surface area contributed by atoms with Gasteiger partial charge in [-0.2, -0.15) is 0 Å². The fourth-order valence-electron chi connectivity index (χ4n) is 1.76. The summed E-state index contributed by atoms with van der Waals surface area (Å²) in [5, 5.41) is 2.13. The molecular weight excluding hydrogens is 285 g/mol. The lowest BCUT2D eigenvalue weighted by atomic mass is 10.2. The maximum absolute atomic E-state index is 13.4. The minimum atomic E-state index is -1.65. The van der Waals surface area contributed by atoms with Crippen LogP contribution in [0.15, 0.2) is 12.1 Å². The van der Waals surface area contributed by atoms with Crippen LogP contribution in [-0.4, -0.2) is 29.3 Å². The number of anilines is 1. The maximum Gasteiger partial charge on any atom is 0.244 e. The molecule has 1 aromatic carbocycles. The smallest absolute Gasteiger partial charge is 0.244 e. The van der Waals surface area contributed by atoms with Crippen LogP contribution >= 0.6 is 0 Å². The first-order valence-electron chi connectivity index (χ1n) is 6.48. The van der Waals surface area contributed by atoms with Gasteiger partial charge in [-0.3, -0.25) is 9.59 Å². The molecule has 0 aliphatic carbocycles. The van der Waals surface area contributed by atoms with Crippen molar-refractivity contribution < 1.29 is 22.8 Å². The lowest BCUT2D eigenvalue weighted by molar-refractivity contribution is -0.134. The van der Waals surface area contributed by atoms with Gasteiger partial charge in [-0.15, -0.1) is 0 Å². The van der Waals surface area contributed by atoms with E-state index in [0.29, 0.717) is 12.5 Å². The first-order valence-corrected chi connectivity index (χ1v) is 6.48. The van der Waals surface area contributed by atoms with Gasteiger partial charge in [0.25, 0.3) is 0 Å². The van der Waals surface area contributed by atoms with Crippen LogP contribution in [0.1, 0.15) is 27.2 Å². The summed E-state index contributed by atoms with van der Waals surface area (Å²) in [6, 6.07) is 1.47. The molecule has 0 saturated carbocycles. The van der Waals surface area contributed by atoms with Crippen LogP contribution in [0.4, 0.5) is 18.9 Å². The van der Waals surface area contributed by atoms with Crippen molar-refractivity contribution in [2.24, 2.45) is 0 Å².